The van der Waals surface area contributed by atoms with Crippen LogP contribution in [0.5, 0.6) is 0 Å². The van der Waals surface area contributed by atoms with Gasteiger partial charge in [-0.2, -0.15) is 0 Å². The van der Waals surface area contributed by atoms with Crippen LogP contribution < -0.4 is 0 Å². The van der Waals surface area contributed by atoms with Gasteiger partial charge < -0.3 is 4.42 Å². The Bertz CT molecular complexity index is 4180. The molecule has 0 aliphatic heterocycles. The van der Waals surface area contributed by atoms with Gasteiger partial charge in [0.05, 0.1) is 5.41 Å². The fourth-order valence-electron chi connectivity index (χ4n) is 11.9. The van der Waals surface area contributed by atoms with Gasteiger partial charge in [-0.15, -0.1) is 0 Å². The molecule has 0 fully saturated rings. The smallest absolute Gasteiger partial charge is 0.164 e. The Balaban J connectivity index is 0.874. The molecule has 15 rings (SSSR count). The topological polar surface area (TPSA) is 51.8 Å². The normalized spacial score (nSPS) is 13.0. The predicted octanol–water partition coefficient (Wildman–Crippen LogP) is 16.8. The van der Waals surface area contributed by atoms with Gasteiger partial charge in [-0.05, 0) is 125 Å². The molecule has 11 aromatic carbocycles. The molecule has 0 atom stereocenters. The minimum absolute atomic E-state index is 0.402. The molecule has 13 aromatic rings. The summed E-state index contributed by atoms with van der Waals surface area (Å²) in [5.74, 6) is 1.84. The van der Waals surface area contributed by atoms with Gasteiger partial charge in [-0.3, -0.25) is 0 Å². The Labute approximate surface area is 403 Å². The second kappa shape index (κ2) is 14.9. The highest BCUT2D eigenvalue weighted by Gasteiger charge is 2.51. The lowest BCUT2D eigenvalue weighted by molar-refractivity contribution is 0.669. The molecule has 0 N–H and O–H groups in total. The summed E-state index contributed by atoms with van der Waals surface area (Å²) in [4.78, 5) is 15.2. The molecule has 0 bridgehead atoms. The van der Waals surface area contributed by atoms with Crippen molar-refractivity contribution >= 4 is 43.5 Å². The van der Waals surface area contributed by atoms with Crippen LogP contribution in [-0.2, 0) is 5.41 Å². The maximum atomic E-state index is 6.56. The van der Waals surface area contributed by atoms with E-state index in [9.17, 15) is 0 Å². The minimum Gasteiger partial charge on any atom is -0.456 e. The Morgan fingerprint density at radius 1 is 0.271 bits per heavy atom. The maximum absolute atomic E-state index is 6.56. The van der Waals surface area contributed by atoms with Gasteiger partial charge in [0.15, 0.2) is 17.5 Å². The van der Waals surface area contributed by atoms with E-state index in [1.807, 2.05) is 72.8 Å². The fourth-order valence-corrected chi connectivity index (χ4v) is 11.9. The van der Waals surface area contributed by atoms with E-state index in [2.05, 4.69) is 164 Å². The van der Waals surface area contributed by atoms with E-state index in [0.29, 0.717) is 17.5 Å². The first-order valence-electron chi connectivity index (χ1n) is 23.9. The van der Waals surface area contributed by atoms with Crippen LogP contribution in [0.3, 0.4) is 0 Å². The monoisotopic (exact) mass is 889 g/mol. The summed E-state index contributed by atoms with van der Waals surface area (Å²) >= 11 is 0. The zero-order valence-electron chi connectivity index (χ0n) is 37.8. The van der Waals surface area contributed by atoms with Crippen molar-refractivity contribution in [1.82, 2.24) is 15.0 Å². The van der Waals surface area contributed by atoms with Crippen LogP contribution in [0.25, 0.3) is 122 Å². The van der Waals surface area contributed by atoms with Crippen molar-refractivity contribution in [2.75, 3.05) is 0 Å². The molecule has 1 spiro atoms. The van der Waals surface area contributed by atoms with Crippen LogP contribution in [0.1, 0.15) is 22.3 Å². The standard InChI is InChI=1S/C66H39N3O/c1-3-16-40(17-4-1)63-67-64(41-18-5-2-6-19-41)69-65(68-63)52-25-15-29-61-62(52)55-37-43(33-35-60(55)70-61)42-30-31-44-38-54(47-21-8-7-20-46(47)53(44)36-42)45-32-34-51-50-24-11-14-28-58(50)66(59(51)39-45)56-26-12-9-22-48(56)49-23-10-13-27-57(49)66/h1-39H. The van der Waals surface area contributed by atoms with E-state index in [1.165, 1.54) is 77.2 Å². The molecule has 0 amide bonds. The van der Waals surface area contributed by atoms with Crippen molar-refractivity contribution in [2.45, 2.75) is 5.41 Å². The number of furan rings is 1. The second-order valence-corrected chi connectivity index (χ2v) is 18.6. The molecule has 70 heavy (non-hydrogen) atoms. The van der Waals surface area contributed by atoms with Crippen LogP contribution in [-0.4, -0.2) is 15.0 Å². The summed E-state index contributed by atoms with van der Waals surface area (Å²) in [6, 6.07) is 85.4. The summed E-state index contributed by atoms with van der Waals surface area (Å²) < 4.78 is 6.56. The van der Waals surface area contributed by atoms with Crippen molar-refractivity contribution < 1.29 is 4.42 Å². The highest BCUT2D eigenvalue weighted by molar-refractivity contribution is 6.16. The van der Waals surface area contributed by atoms with Crippen LogP contribution >= 0.6 is 0 Å². The van der Waals surface area contributed by atoms with Crippen LogP contribution in [0.2, 0.25) is 0 Å². The Hall–Kier alpha value is -9.25. The van der Waals surface area contributed by atoms with Crippen LogP contribution in [0, 0.1) is 0 Å². The summed E-state index contributed by atoms with van der Waals surface area (Å²) in [6.07, 6.45) is 0. The largest absolute Gasteiger partial charge is 0.456 e. The third-order valence-electron chi connectivity index (χ3n) is 14.9. The van der Waals surface area contributed by atoms with Gasteiger partial charge in [-0.1, -0.05) is 200 Å². The van der Waals surface area contributed by atoms with E-state index in [4.69, 9.17) is 19.4 Å². The third-order valence-corrected chi connectivity index (χ3v) is 14.9. The van der Waals surface area contributed by atoms with Crippen molar-refractivity contribution in [3.8, 4) is 78.7 Å². The predicted molar refractivity (Wildman–Crippen MR) is 286 cm³/mol. The molecule has 2 heterocycles. The highest BCUT2D eigenvalue weighted by Crippen LogP contribution is 2.63. The highest BCUT2D eigenvalue weighted by atomic mass is 16.3. The average Bonchev–Trinajstić information content (AvgIpc) is 4.07. The van der Waals surface area contributed by atoms with Gasteiger partial charge in [-0.25, -0.2) is 15.0 Å². The molecule has 2 aliphatic rings. The third kappa shape index (κ3) is 5.56. The second-order valence-electron chi connectivity index (χ2n) is 18.6. The van der Waals surface area contributed by atoms with E-state index in [1.54, 1.807) is 0 Å². The van der Waals surface area contributed by atoms with Crippen molar-refractivity contribution in [1.29, 1.82) is 0 Å². The number of rotatable bonds is 5. The molecule has 0 radical (unpaired) electrons. The molecule has 0 saturated heterocycles. The van der Waals surface area contributed by atoms with E-state index in [-0.39, 0.29) is 0 Å². The van der Waals surface area contributed by atoms with Crippen LogP contribution in [0.4, 0.5) is 0 Å². The number of nitrogens with zero attached hydrogens (tertiary/aromatic N) is 3. The van der Waals surface area contributed by atoms with Crippen molar-refractivity contribution in [3.05, 3.63) is 259 Å². The molecule has 0 unspecified atom stereocenters. The Morgan fingerprint density at radius 3 is 1.44 bits per heavy atom. The first kappa shape index (κ1) is 38.8. The van der Waals surface area contributed by atoms with E-state index >= 15 is 0 Å². The van der Waals surface area contributed by atoms with Gasteiger partial charge in [0, 0.05) is 27.5 Å². The lowest BCUT2D eigenvalue weighted by Gasteiger charge is -2.30. The SMILES string of the molecule is c1ccc(-c2nc(-c3ccccc3)nc(-c3cccc4oc5ccc(-c6ccc7cc(-c8ccc9c(c8)C8(c%10ccccc%10-c%10ccccc%108)c8ccccc8-9)c8ccccc8c7c6)cc5c34)n2)cc1. The molecule has 2 aromatic heterocycles. The lowest BCUT2D eigenvalue weighted by Crippen LogP contribution is -2.25. The number of fused-ring (bicyclic) bond motifs is 16. The summed E-state index contributed by atoms with van der Waals surface area (Å²) in [6.45, 7) is 0. The first-order chi connectivity index (χ1) is 34.7. The van der Waals surface area contributed by atoms with Gasteiger partial charge in [0.2, 0.25) is 0 Å². The number of benzene rings is 11. The van der Waals surface area contributed by atoms with Gasteiger partial charge in [0.1, 0.15) is 11.2 Å². The quantitative estimate of drug-likeness (QED) is 0.162. The summed E-state index contributed by atoms with van der Waals surface area (Å²) in [7, 11) is 0. The molecular weight excluding hydrogens is 851 g/mol. The first-order valence-corrected chi connectivity index (χ1v) is 23.9. The minimum atomic E-state index is -0.402. The molecule has 0 saturated carbocycles. The lowest BCUT2D eigenvalue weighted by atomic mass is 9.70. The average molecular weight is 890 g/mol. The van der Waals surface area contributed by atoms with Crippen molar-refractivity contribution in [2.24, 2.45) is 0 Å². The number of hydrogen-bond donors (Lipinski definition) is 0. The number of aromatic nitrogens is 3. The van der Waals surface area contributed by atoms with Crippen molar-refractivity contribution in [3.63, 3.8) is 0 Å². The Morgan fingerprint density at radius 2 is 0.786 bits per heavy atom. The zero-order valence-corrected chi connectivity index (χ0v) is 37.8. The zero-order chi connectivity index (χ0) is 45.9. The maximum Gasteiger partial charge on any atom is 0.164 e. The van der Waals surface area contributed by atoms with Crippen LogP contribution in [0.15, 0.2) is 241 Å². The summed E-state index contributed by atoms with van der Waals surface area (Å²) in [5.41, 5.74) is 19.3. The van der Waals surface area contributed by atoms with Gasteiger partial charge >= 0.3 is 0 Å². The molecular formula is C66H39N3O. The summed E-state index contributed by atoms with van der Waals surface area (Å²) in [5, 5.41) is 6.85. The molecule has 4 nitrogen and oxygen atoms in total. The number of hydrogen-bond acceptors (Lipinski definition) is 4. The molecule has 324 valence electrons. The fraction of sp³-hybridized carbons (Fsp3) is 0.0152. The molecule has 2 aliphatic carbocycles. The van der Waals surface area contributed by atoms with E-state index < -0.39 is 5.41 Å². The Kier molecular flexibility index (Phi) is 8.25. The molecule has 4 heteroatoms. The van der Waals surface area contributed by atoms with Gasteiger partial charge in [0.25, 0.3) is 0 Å². The van der Waals surface area contributed by atoms with E-state index in [0.717, 1.165) is 49.8 Å².